The monoisotopic (exact) mass is 542 g/mol. The van der Waals surface area contributed by atoms with Crippen LogP contribution in [0.2, 0.25) is 0 Å². The Kier molecular flexibility index (Phi) is 8.46. The van der Waals surface area contributed by atoms with Gasteiger partial charge in [0, 0.05) is 65.4 Å². The minimum Gasteiger partial charge on any atom is -0.481 e. The number of rotatable bonds is 5. The summed E-state index contributed by atoms with van der Waals surface area (Å²) in [5.74, 6) is 0.524. The molecule has 0 heterocycles. The van der Waals surface area contributed by atoms with Gasteiger partial charge in [0.15, 0.2) is 0 Å². The molecule has 0 unspecified atom stereocenters. The van der Waals surface area contributed by atoms with Gasteiger partial charge in [0.1, 0.15) is 17.3 Å². The summed E-state index contributed by atoms with van der Waals surface area (Å²) < 4.78 is 10.8. The number of carbonyl (C=O) groups is 4. The summed E-state index contributed by atoms with van der Waals surface area (Å²) in [7, 11) is -0.829. The number of hydrogen-bond acceptors (Lipinski definition) is 5. The minimum atomic E-state index is -0.829. The van der Waals surface area contributed by atoms with Gasteiger partial charge in [-0.3, -0.25) is 23.4 Å². The van der Waals surface area contributed by atoms with Gasteiger partial charge in [-0.25, -0.2) is 0 Å². The van der Waals surface area contributed by atoms with Crippen LogP contribution in [0.4, 0.5) is 0 Å². The van der Waals surface area contributed by atoms with Crippen molar-refractivity contribution in [3.05, 3.63) is 30.3 Å². The Labute approximate surface area is 228 Å². The number of carbonyl (C=O) groups excluding carboxylic acids is 3. The molecule has 0 aromatic heterocycles. The van der Waals surface area contributed by atoms with Gasteiger partial charge in [-0.2, -0.15) is 0 Å². The second-order valence-electron chi connectivity index (χ2n) is 12.6. The van der Waals surface area contributed by atoms with Crippen LogP contribution < -0.4 is 0 Å². The molecule has 1 aromatic rings. The van der Waals surface area contributed by atoms with E-state index in [9.17, 15) is 23.4 Å². The lowest BCUT2D eigenvalue weighted by Gasteiger charge is -2.58. The molecule has 0 amide bonds. The van der Waals surface area contributed by atoms with E-state index in [0.29, 0.717) is 32.1 Å². The SMILES string of the molecule is C[C@H](CCC(=O)O)[C@H]1CC[C@H]2[C@@H]3C(=O)C[C@@H]4CC(=O)CC[C@]4(C)[C@H]3CC(=O)[C@]12C.C[S@](=O)c1ccccc1. The summed E-state index contributed by atoms with van der Waals surface area (Å²) in [5, 5.41) is 9.06. The van der Waals surface area contributed by atoms with Gasteiger partial charge in [0.2, 0.25) is 0 Å². The van der Waals surface area contributed by atoms with Gasteiger partial charge in [-0.15, -0.1) is 0 Å². The second-order valence-corrected chi connectivity index (χ2v) is 14.0. The zero-order valence-corrected chi connectivity index (χ0v) is 23.9. The molecule has 1 N–H and O–H groups in total. The molecule has 6 nitrogen and oxygen atoms in total. The van der Waals surface area contributed by atoms with Gasteiger partial charge in [-0.05, 0) is 72.8 Å². The van der Waals surface area contributed by atoms with Crippen molar-refractivity contribution < 1.29 is 28.5 Å². The van der Waals surface area contributed by atoms with Gasteiger partial charge < -0.3 is 5.11 Å². The second kappa shape index (κ2) is 11.1. The maximum Gasteiger partial charge on any atom is 0.303 e. The molecule has 38 heavy (non-hydrogen) atoms. The number of carboxylic acid groups (broad SMARTS) is 1. The third-order valence-electron chi connectivity index (χ3n) is 10.8. The Bertz CT molecular complexity index is 1110. The number of carboxylic acids is 1. The number of aliphatic carboxylic acids is 1. The van der Waals surface area contributed by atoms with Crippen LogP contribution in [0.5, 0.6) is 0 Å². The van der Waals surface area contributed by atoms with Crippen molar-refractivity contribution in [1.82, 2.24) is 0 Å². The zero-order valence-electron chi connectivity index (χ0n) is 23.1. The first-order valence-electron chi connectivity index (χ1n) is 14.1. The Balaban J connectivity index is 0.000000317. The van der Waals surface area contributed by atoms with Crippen molar-refractivity contribution in [2.45, 2.75) is 83.5 Å². The predicted molar refractivity (Wildman–Crippen MR) is 146 cm³/mol. The number of fused-ring (bicyclic) bond motifs is 5. The van der Waals surface area contributed by atoms with Crippen molar-refractivity contribution in [2.24, 2.45) is 46.3 Å². The fourth-order valence-electron chi connectivity index (χ4n) is 8.55. The van der Waals surface area contributed by atoms with E-state index in [0.717, 1.165) is 24.2 Å². The highest BCUT2D eigenvalue weighted by atomic mass is 32.2. The fraction of sp³-hybridized carbons (Fsp3) is 0.677. The third kappa shape index (κ3) is 5.20. The highest BCUT2D eigenvalue weighted by Crippen LogP contribution is 2.66. The molecule has 0 bridgehead atoms. The first kappa shape index (κ1) is 28.8. The van der Waals surface area contributed by atoms with Crippen LogP contribution in [-0.4, -0.2) is 38.9 Å². The standard InChI is InChI=1S/C24H34O5.C7H8OS/c1-13(4-7-21(28)29)16-5-6-17-22-18(12-20(27)24(16,17)3)23(2)9-8-15(25)10-14(23)11-19(22)26;1-9(8)7-5-3-2-4-6-7/h13-14,16-18,22H,4-12H2,1-3H3,(H,28,29);2-6H,1H3/t13-,14+,16-,17+,18+,22+,23+,24-;9-/m10/s1. The molecule has 5 rings (SSSR count). The topological polar surface area (TPSA) is 106 Å². The smallest absolute Gasteiger partial charge is 0.303 e. The molecular weight excluding hydrogens is 500 g/mol. The van der Waals surface area contributed by atoms with Crippen molar-refractivity contribution in [3.63, 3.8) is 0 Å². The molecular formula is C31H42O6S. The van der Waals surface area contributed by atoms with Crippen LogP contribution in [0.15, 0.2) is 35.2 Å². The quantitative estimate of drug-likeness (QED) is 0.527. The summed E-state index contributed by atoms with van der Waals surface area (Å²) in [4.78, 5) is 50.9. The molecule has 0 saturated heterocycles. The first-order chi connectivity index (χ1) is 17.9. The van der Waals surface area contributed by atoms with Crippen molar-refractivity contribution >= 4 is 34.1 Å². The molecule has 7 heteroatoms. The molecule has 4 fully saturated rings. The van der Waals surface area contributed by atoms with Crippen LogP contribution >= 0.6 is 0 Å². The average molecular weight is 543 g/mol. The Morgan fingerprint density at radius 1 is 1.05 bits per heavy atom. The Morgan fingerprint density at radius 2 is 1.74 bits per heavy atom. The van der Waals surface area contributed by atoms with E-state index in [1.165, 1.54) is 0 Å². The van der Waals surface area contributed by atoms with Crippen LogP contribution in [0.25, 0.3) is 0 Å². The van der Waals surface area contributed by atoms with Crippen LogP contribution in [0.3, 0.4) is 0 Å². The number of ketones is 3. The highest BCUT2D eigenvalue weighted by Gasteiger charge is 2.66. The lowest BCUT2D eigenvalue weighted by atomic mass is 9.44. The molecule has 9 atom stereocenters. The van der Waals surface area contributed by atoms with Crippen LogP contribution in [0.1, 0.15) is 78.6 Å². The maximum absolute atomic E-state index is 13.6. The van der Waals surface area contributed by atoms with E-state index >= 15 is 0 Å². The van der Waals surface area contributed by atoms with Crippen LogP contribution in [-0.2, 0) is 30.0 Å². The molecule has 208 valence electrons. The zero-order chi connectivity index (χ0) is 27.8. The molecule has 0 aliphatic heterocycles. The maximum atomic E-state index is 13.6. The molecule has 4 aliphatic rings. The lowest BCUT2D eigenvalue weighted by Crippen LogP contribution is -2.60. The molecule has 4 saturated carbocycles. The van der Waals surface area contributed by atoms with Crippen molar-refractivity contribution in [1.29, 1.82) is 0 Å². The van der Waals surface area contributed by atoms with E-state index in [1.54, 1.807) is 6.26 Å². The Morgan fingerprint density at radius 3 is 2.34 bits per heavy atom. The van der Waals surface area contributed by atoms with E-state index in [1.807, 2.05) is 30.3 Å². The van der Waals surface area contributed by atoms with E-state index in [4.69, 9.17) is 5.11 Å². The highest BCUT2D eigenvalue weighted by molar-refractivity contribution is 7.84. The summed E-state index contributed by atoms with van der Waals surface area (Å²) in [5.41, 5.74) is -0.598. The minimum absolute atomic E-state index is 0.0659. The van der Waals surface area contributed by atoms with Gasteiger partial charge in [0.05, 0.1) is 0 Å². The molecule has 0 radical (unpaired) electrons. The lowest BCUT2D eigenvalue weighted by molar-refractivity contribution is -0.166. The van der Waals surface area contributed by atoms with Crippen molar-refractivity contribution in [2.75, 3.05) is 6.26 Å². The number of benzene rings is 1. The molecule has 1 aromatic carbocycles. The van der Waals surface area contributed by atoms with Crippen LogP contribution in [0, 0.1) is 46.3 Å². The summed E-state index contributed by atoms with van der Waals surface area (Å²) in [6.45, 7) is 6.37. The number of hydrogen-bond donors (Lipinski definition) is 1. The van der Waals surface area contributed by atoms with Gasteiger partial charge >= 0.3 is 5.97 Å². The summed E-state index contributed by atoms with van der Waals surface area (Å²) >= 11 is 0. The van der Waals surface area contributed by atoms with E-state index in [2.05, 4.69) is 20.8 Å². The average Bonchev–Trinajstić information content (AvgIpc) is 3.23. The van der Waals surface area contributed by atoms with E-state index < -0.39 is 22.2 Å². The van der Waals surface area contributed by atoms with E-state index in [-0.39, 0.29) is 64.7 Å². The Hall–Kier alpha value is -2.15. The predicted octanol–water partition coefficient (Wildman–Crippen LogP) is 5.50. The van der Waals surface area contributed by atoms with Gasteiger partial charge in [-0.1, -0.05) is 39.0 Å². The summed E-state index contributed by atoms with van der Waals surface area (Å²) in [6, 6.07) is 9.40. The molecule has 0 spiro atoms. The largest absolute Gasteiger partial charge is 0.481 e. The van der Waals surface area contributed by atoms with Crippen molar-refractivity contribution in [3.8, 4) is 0 Å². The number of Topliss-reactive ketones (excluding diaryl/α,β-unsaturated/α-hetero) is 3. The summed E-state index contributed by atoms with van der Waals surface area (Å²) in [6.07, 6.45) is 7.00. The molecule has 4 aliphatic carbocycles. The van der Waals surface area contributed by atoms with Gasteiger partial charge in [0.25, 0.3) is 0 Å². The fourth-order valence-corrected chi connectivity index (χ4v) is 9.09. The first-order valence-corrected chi connectivity index (χ1v) is 15.6. The normalized spacial score (nSPS) is 37.7. The third-order valence-corrected chi connectivity index (χ3v) is 11.7.